The zero-order valence-electron chi connectivity index (χ0n) is 12.3. The van der Waals surface area contributed by atoms with E-state index in [1.807, 2.05) is 0 Å². The molecule has 1 saturated carbocycles. The minimum Gasteiger partial charge on any atom is -0.396 e. The molecule has 0 aromatic carbocycles. The molecule has 0 spiro atoms. The van der Waals surface area contributed by atoms with Crippen molar-refractivity contribution < 1.29 is 9.90 Å². The zero-order valence-corrected chi connectivity index (χ0v) is 12.3. The highest BCUT2D eigenvalue weighted by Gasteiger charge is 2.36. The Hall–Kier alpha value is -0.410. The zero-order chi connectivity index (χ0) is 13.7. The van der Waals surface area contributed by atoms with Crippen molar-refractivity contribution in [3.63, 3.8) is 0 Å². The van der Waals surface area contributed by atoms with Crippen molar-refractivity contribution in [2.24, 2.45) is 17.3 Å². The van der Waals surface area contributed by atoms with E-state index in [9.17, 15) is 4.79 Å². The number of aliphatic hydroxyl groups excluding tert-OH is 1. The molecule has 0 aromatic heterocycles. The highest BCUT2D eigenvalue weighted by molar-refractivity contribution is 5.60. The summed E-state index contributed by atoms with van der Waals surface area (Å²) in [4.78, 5) is 14.1. The van der Waals surface area contributed by atoms with Gasteiger partial charge in [-0.15, -0.1) is 0 Å². The van der Waals surface area contributed by atoms with Crippen LogP contribution in [0, 0.1) is 17.3 Å². The van der Waals surface area contributed by atoms with Crippen LogP contribution < -0.4 is 0 Å². The van der Waals surface area contributed by atoms with Crippen LogP contribution in [0.15, 0.2) is 0 Å². The fourth-order valence-corrected chi connectivity index (χ4v) is 3.81. The number of piperidine rings is 1. The Bertz CT molecular complexity index is 282. The molecule has 0 bridgehead atoms. The van der Waals surface area contributed by atoms with Crippen LogP contribution in [0.4, 0.5) is 0 Å². The molecule has 3 nitrogen and oxygen atoms in total. The Morgan fingerprint density at radius 2 is 2.05 bits per heavy atom. The number of carbonyl (C=O) groups excluding carboxylic acids is 1. The van der Waals surface area contributed by atoms with E-state index in [2.05, 4.69) is 11.8 Å². The van der Waals surface area contributed by atoms with Crippen molar-refractivity contribution in [3.8, 4) is 0 Å². The quantitative estimate of drug-likeness (QED) is 0.778. The highest BCUT2D eigenvalue weighted by Crippen LogP contribution is 2.38. The molecule has 1 aliphatic heterocycles. The molecular formula is C16H29NO2. The Morgan fingerprint density at radius 3 is 2.68 bits per heavy atom. The lowest BCUT2D eigenvalue weighted by molar-refractivity contribution is -0.120. The molecule has 110 valence electrons. The van der Waals surface area contributed by atoms with Crippen molar-refractivity contribution in [2.75, 3.05) is 26.2 Å². The van der Waals surface area contributed by atoms with Gasteiger partial charge in [0.25, 0.3) is 0 Å². The van der Waals surface area contributed by atoms with Crippen LogP contribution in [0.25, 0.3) is 0 Å². The predicted molar refractivity (Wildman–Crippen MR) is 77.0 cm³/mol. The summed E-state index contributed by atoms with van der Waals surface area (Å²) in [6.07, 6.45) is 9.16. The summed E-state index contributed by atoms with van der Waals surface area (Å²) in [6, 6.07) is 0. The molecule has 1 atom stereocenters. The Kier molecular flexibility index (Phi) is 5.40. The van der Waals surface area contributed by atoms with Gasteiger partial charge in [0.2, 0.25) is 0 Å². The maximum Gasteiger partial charge on any atom is 0.127 e. The fourth-order valence-electron chi connectivity index (χ4n) is 3.81. The highest BCUT2D eigenvalue weighted by atomic mass is 16.3. The van der Waals surface area contributed by atoms with Gasteiger partial charge < -0.3 is 14.8 Å². The molecule has 0 amide bonds. The summed E-state index contributed by atoms with van der Waals surface area (Å²) in [5.74, 6) is 1.42. The predicted octanol–water partition coefficient (Wildman–Crippen LogP) is 2.48. The Labute approximate surface area is 117 Å². The Balaban J connectivity index is 1.89. The first-order valence-corrected chi connectivity index (χ1v) is 7.97. The monoisotopic (exact) mass is 267 g/mol. The number of aliphatic hydroxyl groups is 1. The number of nitrogens with zero attached hydrogens (tertiary/aromatic N) is 1. The summed E-state index contributed by atoms with van der Waals surface area (Å²) in [6.45, 7) is 5.76. The number of aldehydes is 1. The summed E-state index contributed by atoms with van der Waals surface area (Å²) in [5.41, 5.74) is -0.0758. The second kappa shape index (κ2) is 6.85. The van der Waals surface area contributed by atoms with Crippen LogP contribution >= 0.6 is 0 Å². The van der Waals surface area contributed by atoms with Gasteiger partial charge >= 0.3 is 0 Å². The third-order valence-corrected chi connectivity index (χ3v) is 5.20. The second-order valence-electron chi connectivity index (χ2n) is 6.92. The number of hydrogen-bond donors (Lipinski definition) is 1. The minimum absolute atomic E-state index is 0.0758. The van der Waals surface area contributed by atoms with Crippen molar-refractivity contribution in [1.82, 2.24) is 4.90 Å². The van der Waals surface area contributed by atoms with E-state index in [-0.39, 0.29) is 5.41 Å². The average molecular weight is 267 g/mol. The molecular weight excluding hydrogens is 238 g/mol. The van der Waals surface area contributed by atoms with Crippen LogP contribution in [0.5, 0.6) is 0 Å². The molecule has 1 N–H and O–H groups in total. The van der Waals surface area contributed by atoms with Crippen LogP contribution in [0.1, 0.15) is 51.9 Å². The molecule has 0 radical (unpaired) electrons. The third-order valence-electron chi connectivity index (χ3n) is 5.20. The van der Waals surface area contributed by atoms with Gasteiger partial charge in [0.15, 0.2) is 0 Å². The molecule has 1 saturated heterocycles. The van der Waals surface area contributed by atoms with E-state index in [0.29, 0.717) is 12.5 Å². The lowest BCUT2D eigenvalue weighted by Crippen LogP contribution is -2.45. The fraction of sp³-hybridized carbons (Fsp3) is 0.938. The molecule has 2 rings (SSSR count). The first-order valence-electron chi connectivity index (χ1n) is 7.97. The van der Waals surface area contributed by atoms with Crippen LogP contribution in [0.3, 0.4) is 0 Å². The molecule has 2 fully saturated rings. The van der Waals surface area contributed by atoms with Gasteiger partial charge in [-0.2, -0.15) is 0 Å². The summed E-state index contributed by atoms with van der Waals surface area (Å²) < 4.78 is 0. The lowest BCUT2D eigenvalue weighted by Gasteiger charge is -2.41. The maximum atomic E-state index is 11.6. The van der Waals surface area contributed by atoms with E-state index in [1.165, 1.54) is 32.0 Å². The number of rotatable bonds is 5. The van der Waals surface area contributed by atoms with Gasteiger partial charge in [-0.3, -0.25) is 0 Å². The molecule has 0 aromatic rings. The maximum absolute atomic E-state index is 11.6. The van der Waals surface area contributed by atoms with Gasteiger partial charge in [-0.25, -0.2) is 0 Å². The molecule has 2 aliphatic rings. The number of likely N-dealkylation sites (tertiary alicyclic amines) is 1. The molecule has 1 unspecified atom stereocenters. The van der Waals surface area contributed by atoms with E-state index < -0.39 is 0 Å². The largest absolute Gasteiger partial charge is 0.396 e. The first kappa shape index (κ1) is 15.0. The molecule has 3 heteroatoms. The van der Waals surface area contributed by atoms with Gasteiger partial charge in [-0.1, -0.05) is 6.92 Å². The second-order valence-corrected chi connectivity index (χ2v) is 6.92. The third kappa shape index (κ3) is 4.03. The molecule has 1 heterocycles. The lowest BCUT2D eigenvalue weighted by atomic mass is 9.71. The smallest absolute Gasteiger partial charge is 0.127 e. The summed E-state index contributed by atoms with van der Waals surface area (Å²) >= 11 is 0. The van der Waals surface area contributed by atoms with E-state index >= 15 is 0 Å². The Morgan fingerprint density at radius 1 is 1.32 bits per heavy atom. The van der Waals surface area contributed by atoms with Crippen LogP contribution in [0.2, 0.25) is 0 Å². The van der Waals surface area contributed by atoms with Crippen molar-refractivity contribution in [2.45, 2.75) is 51.9 Å². The average Bonchev–Trinajstić information content (AvgIpc) is 2.43. The van der Waals surface area contributed by atoms with Crippen molar-refractivity contribution in [1.29, 1.82) is 0 Å². The molecule has 19 heavy (non-hydrogen) atoms. The van der Waals surface area contributed by atoms with E-state index in [4.69, 9.17) is 5.11 Å². The minimum atomic E-state index is -0.0758. The normalized spacial score (nSPS) is 37.2. The van der Waals surface area contributed by atoms with E-state index in [0.717, 1.165) is 44.8 Å². The van der Waals surface area contributed by atoms with Crippen molar-refractivity contribution in [3.05, 3.63) is 0 Å². The topological polar surface area (TPSA) is 40.5 Å². The van der Waals surface area contributed by atoms with Crippen molar-refractivity contribution >= 4 is 6.29 Å². The van der Waals surface area contributed by atoms with Crippen LogP contribution in [-0.2, 0) is 4.79 Å². The SMILES string of the molecule is CC1CCC(C=O)(CN2CCCC(CCO)C2)CC1. The van der Waals surface area contributed by atoms with Gasteiger partial charge in [0.05, 0.1) is 0 Å². The summed E-state index contributed by atoms with van der Waals surface area (Å²) in [7, 11) is 0. The molecule has 1 aliphatic carbocycles. The van der Waals surface area contributed by atoms with Crippen LogP contribution in [-0.4, -0.2) is 42.5 Å². The number of carbonyl (C=O) groups is 1. The van der Waals surface area contributed by atoms with Gasteiger partial charge in [-0.05, 0) is 63.3 Å². The van der Waals surface area contributed by atoms with Gasteiger partial charge in [0, 0.05) is 25.1 Å². The van der Waals surface area contributed by atoms with Gasteiger partial charge in [0.1, 0.15) is 6.29 Å². The summed E-state index contributed by atoms with van der Waals surface area (Å²) in [5, 5.41) is 9.08. The number of hydrogen-bond acceptors (Lipinski definition) is 3. The first-order chi connectivity index (χ1) is 9.17. The van der Waals surface area contributed by atoms with E-state index in [1.54, 1.807) is 0 Å². The standard InChI is InChI=1S/C16H29NO2/c1-14-4-7-16(13-19,8-5-14)12-17-9-2-3-15(11-17)6-10-18/h13-15,18H,2-12H2,1H3.